The van der Waals surface area contributed by atoms with Crippen LogP contribution >= 0.6 is 0 Å². The molecule has 0 bridgehead atoms. The van der Waals surface area contributed by atoms with Gasteiger partial charge in [-0.05, 0) is 18.1 Å². The van der Waals surface area contributed by atoms with Crippen molar-refractivity contribution in [2.75, 3.05) is 31.1 Å². The highest BCUT2D eigenvalue weighted by atomic mass is 19.4. The molecule has 32 heavy (non-hydrogen) atoms. The SMILES string of the molecule is Cc1ccccc1CC(=O)N1CCN(c2nccn3ccnc23)CC1.O=C(O)C(F)(F)F. The molecule has 1 aliphatic heterocycles. The third kappa shape index (κ3) is 5.54. The number of benzene rings is 1. The number of alkyl halides is 3. The Balaban J connectivity index is 0.000000360. The maximum atomic E-state index is 12.6. The van der Waals surface area contributed by atoms with Crippen molar-refractivity contribution in [2.24, 2.45) is 0 Å². The van der Waals surface area contributed by atoms with Gasteiger partial charge in [0.15, 0.2) is 11.5 Å². The molecule has 1 fully saturated rings. The summed E-state index contributed by atoms with van der Waals surface area (Å²) < 4.78 is 33.7. The molecule has 4 rings (SSSR count). The van der Waals surface area contributed by atoms with E-state index < -0.39 is 12.1 Å². The summed E-state index contributed by atoms with van der Waals surface area (Å²) in [5.41, 5.74) is 3.14. The van der Waals surface area contributed by atoms with Crippen molar-refractivity contribution in [3.05, 3.63) is 60.2 Å². The number of hydrogen-bond acceptors (Lipinski definition) is 5. The smallest absolute Gasteiger partial charge is 0.475 e. The first-order valence-electron chi connectivity index (χ1n) is 9.82. The van der Waals surface area contributed by atoms with Gasteiger partial charge in [0, 0.05) is 51.0 Å². The quantitative estimate of drug-likeness (QED) is 0.661. The second-order valence-electron chi connectivity index (χ2n) is 7.18. The van der Waals surface area contributed by atoms with E-state index in [1.54, 1.807) is 12.4 Å². The van der Waals surface area contributed by atoms with Crippen LogP contribution in [0.25, 0.3) is 5.65 Å². The van der Waals surface area contributed by atoms with Gasteiger partial charge in [0.1, 0.15) is 0 Å². The first-order valence-corrected chi connectivity index (χ1v) is 9.82. The topological polar surface area (TPSA) is 91.0 Å². The zero-order valence-corrected chi connectivity index (χ0v) is 17.3. The Hall–Kier alpha value is -3.63. The Labute approximate surface area is 181 Å². The zero-order chi connectivity index (χ0) is 23.3. The van der Waals surface area contributed by atoms with Gasteiger partial charge in [-0.1, -0.05) is 24.3 Å². The molecule has 0 radical (unpaired) electrons. The predicted molar refractivity (Wildman–Crippen MR) is 110 cm³/mol. The van der Waals surface area contributed by atoms with E-state index in [0.717, 1.165) is 30.1 Å². The maximum absolute atomic E-state index is 12.6. The largest absolute Gasteiger partial charge is 0.490 e. The van der Waals surface area contributed by atoms with E-state index in [2.05, 4.69) is 27.9 Å². The van der Waals surface area contributed by atoms with Gasteiger partial charge in [-0.2, -0.15) is 13.2 Å². The van der Waals surface area contributed by atoms with Gasteiger partial charge in [0.2, 0.25) is 5.91 Å². The van der Waals surface area contributed by atoms with Gasteiger partial charge in [0.05, 0.1) is 6.42 Å². The van der Waals surface area contributed by atoms with E-state index in [4.69, 9.17) is 9.90 Å². The summed E-state index contributed by atoms with van der Waals surface area (Å²) in [6.45, 7) is 5.04. The summed E-state index contributed by atoms with van der Waals surface area (Å²) in [7, 11) is 0. The second kappa shape index (κ2) is 9.67. The lowest BCUT2D eigenvalue weighted by molar-refractivity contribution is -0.192. The van der Waals surface area contributed by atoms with E-state index in [1.807, 2.05) is 39.9 Å². The maximum Gasteiger partial charge on any atom is 0.490 e. The van der Waals surface area contributed by atoms with E-state index in [1.165, 1.54) is 5.56 Å². The molecule has 3 heterocycles. The predicted octanol–water partition coefficient (Wildman–Crippen LogP) is 2.56. The van der Waals surface area contributed by atoms with Crippen molar-refractivity contribution in [1.82, 2.24) is 19.3 Å². The average Bonchev–Trinajstić information content (AvgIpc) is 3.24. The van der Waals surface area contributed by atoms with E-state index in [9.17, 15) is 18.0 Å². The van der Waals surface area contributed by atoms with Crippen LogP contribution in [0.2, 0.25) is 0 Å². The van der Waals surface area contributed by atoms with Crippen LogP contribution in [0.3, 0.4) is 0 Å². The number of rotatable bonds is 3. The number of carbonyl (C=O) groups is 2. The normalized spacial score (nSPS) is 14.1. The van der Waals surface area contributed by atoms with Crippen LogP contribution < -0.4 is 4.90 Å². The van der Waals surface area contributed by atoms with Crippen molar-refractivity contribution in [3.8, 4) is 0 Å². The molecule has 1 amide bonds. The van der Waals surface area contributed by atoms with Crippen LogP contribution in [0, 0.1) is 6.92 Å². The average molecular weight is 449 g/mol. The third-order valence-electron chi connectivity index (χ3n) is 5.07. The molecule has 1 saturated heterocycles. The molecule has 0 unspecified atom stereocenters. The number of aliphatic carboxylic acids is 1. The lowest BCUT2D eigenvalue weighted by Gasteiger charge is -2.35. The number of anilines is 1. The fourth-order valence-corrected chi connectivity index (χ4v) is 3.31. The Morgan fingerprint density at radius 1 is 1.03 bits per heavy atom. The number of piperazine rings is 1. The Kier molecular flexibility index (Phi) is 6.96. The van der Waals surface area contributed by atoms with Crippen LogP contribution in [0.1, 0.15) is 11.1 Å². The van der Waals surface area contributed by atoms with Gasteiger partial charge in [-0.3, -0.25) is 4.79 Å². The highest BCUT2D eigenvalue weighted by molar-refractivity contribution is 5.79. The number of amides is 1. The Bertz CT molecular complexity index is 1090. The Morgan fingerprint density at radius 2 is 1.62 bits per heavy atom. The number of fused-ring (bicyclic) bond motifs is 1. The number of aromatic nitrogens is 3. The summed E-state index contributed by atoms with van der Waals surface area (Å²) in [4.78, 5) is 34.5. The summed E-state index contributed by atoms with van der Waals surface area (Å²) >= 11 is 0. The minimum Gasteiger partial charge on any atom is -0.475 e. The van der Waals surface area contributed by atoms with Gasteiger partial charge in [-0.25, -0.2) is 14.8 Å². The van der Waals surface area contributed by atoms with Crippen LogP contribution in [-0.4, -0.2) is 68.6 Å². The van der Waals surface area contributed by atoms with Crippen molar-refractivity contribution in [1.29, 1.82) is 0 Å². The molecule has 0 atom stereocenters. The summed E-state index contributed by atoms with van der Waals surface area (Å²) in [5.74, 6) is -1.67. The molecule has 0 saturated carbocycles. The lowest BCUT2D eigenvalue weighted by Crippen LogP contribution is -2.49. The lowest BCUT2D eigenvalue weighted by atomic mass is 10.1. The van der Waals surface area contributed by atoms with Crippen LogP contribution in [-0.2, 0) is 16.0 Å². The number of aryl methyl sites for hydroxylation is 1. The number of hydrogen-bond donors (Lipinski definition) is 1. The number of carbonyl (C=O) groups excluding carboxylic acids is 1. The molecule has 1 aromatic carbocycles. The molecule has 11 heteroatoms. The zero-order valence-electron chi connectivity index (χ0n) is 17.3. The molecule has 8 nitrogen and oxygen atoms in total. The van der Waals surface area contributed by atoms with Gasteiger partial charge >= 0.3 is 12.1 Å². The van der Waals surface area contributed by atoms with Crippen molar-refractivity contribution in [3.63, 3.8) is 0 Å². The molecule has 0 aliphatic carbocycles. The molecule has 3 aromatic rings. The molecule has 1 aliphatic rings. The van der Waals surface area contributed by atoms with E-state index >= 15 is 0 Å². The standard InChI is InChI=1S/C19H21N5O.C2HF3O2/c1-15-4-2-3-5-16(15)14-17(25)22-10-12-24(13-11-22)19-18-20-6-8-23(18)9-7-21-19;3-2(4,5)1(6)7/h2-9H,10-14H2,1H3;(H,6,7). The highest BCUT2D eigenvalue weighted by Gasteiger charge is 2.38. The first kappa shape index (κ1) is 23.0. The summed E-state index contributed by atoms with van der Waals surface area (Å²) in [6.07, 6.45) is 2.78. The minimum absolute atomic E-state index is 0.195. The van der Waals surface area contributed by atoms with Gasteiger partial charge in [0.25, 0.3) is 0 Å². The second-order valence-corrected chi connectivity index (χ2v) is 7.18. The first-order chi connectivity index (χ1) is 15.2. The van der Waals surface area contributed by atoms with Crippen molar-refractivity contribution in [2.45, 2.75) is 19.5 Å². The number of halogens is 3. The third-order valence-corrected chi connectivity index (χ3v) is 5.07. The van der Waals surface area contributed by atoms with Crippen LogP contribution in [0.15, 0.2) is 49.1 Å². The fraction of sp³-hybridized carbons (Fsp3) is 0.333. The molecular weight excluding hydrogens is 427 g/mol. The number of imidazole rings is 1. The summed E-state index contributed by atoms with van der Waals surface area (Å²) in [5, 5.41) is 7.12. The van der Waals surface area contributed by atoms with Gasteiger partial charge < -0.3 is 19.3 Å². The number of carboxylic acid groups (broad SMARTS) is 1. The number of carboxylic acids is 1. The van der Waals surface area contributed by atoms with E-state index in [0.29, 0.717) is 19.5 Å². The van der Waals surface area contributed by atoms with Crippen molar-refractivity contribution < 1.29 is 27.9 Å². The van der Waals surface area contributed by atoms with Crippen molar-refractivity contribution >= 4 is 23.3 Å². The molecule has 170 valence electrons. The van der Waals surface area contributed by atoms with Crippen LogP contribution in [0.4, 0.5) is 19.0 Å². The fourth-order valence-electron chi connectivity index (χ4n) is 3.31. The Morgan fingerprint density at radius 3 is 2.22 bits per heavy atom. The van der Waals surface area contributed by atoms with Gasteiger partial charge in [-0.15, -0.1) is 0 Å². The number of nitrogens with zero attached hydrogens (tertiary/aromatic N) is 5. The molecular formula is C21H22F3N5O3. The van der Waals surface area contributed by atoms with Crippen LogP contribution in [0.5, 0.6) is 0 Å². The molecule has 0 spiro atoms. The highest BCUT2D eigenvalue weighted by Crippen LogP contribution is 2.19. The molecule has 1 N–H and O–H groups in total. The van der Waals surface area contributed by atoms with E-state index in [-0.39, 0.29) is 5.91 Å². The minimum atomic E-state index is -5.08. The molecule has 2 aromatic heterocycles. The summed E-state index contributed by atoms with van der Waals surface area (Å²) in [6, 6.07) is 8.08. The monoisotopic (exact) mass is 449 g/mol.